The summed E-state index contributed by atoms with van der Waals surface area (Å²) in [5.41, 5.74) is 2.06. The third-order valence-electron chi connectivity index (χ3n) is 4.90. The first kappa shape index (κ1) is 19.8. The van der Waals surface area contributed by atoms with Crippen LogP contribution in [0.15, 0.2) is 62.8 Å². The van der Waals surface area contributed by atoms with Crippen LogP contribution in [0.5, 0.6) is 5.75 Å². The SMILES string of the molecule is CCC1CN(S(=O)(=O)c2cc(-c3cc(C)no3)ccc2OC)c2ccccc2S1. The summed E-state index contributed by atoms with van der Waals surface area (Å²) in [6, 6.07) is 14.4. The number of rotatable bonds is 5. The number of thioether (sulfide) groups is 1. The summed E-state index contributed by atoms with van der Waals surface area (Å²) in [4.78, 5) is 1.08. The fourth-order valence-corrected chi connectivity index (χ4v) is 6.42. The van der Waals surface area contributed by atoms with Crippen LogP contribution in [0.25, 0.3) is 11.3 Å². The number of hydrogen-bond acceptors (Lipinski definition) is 6. The highest BCUT2D eigenvalue weighted by atomic mass is 32.2. The molecule has 0 radical (unpaired) electrons. The second-order valence-electron chi connectivity index (χ2n) is 6.85. The van der Waals surface area contributed by atoms with Crippen molar-refractivity contribution in [1.29, 1.82) is 0 Å². The Kier molecular flexibility index (Phi) is 5.31. The predicted molar refractivity (Wildman–Crippen MR) is 114 cm³/mol. The first-order valence-corrected chi connectivity index (χ1v) is 11.7. The van der Waals surface area contributed by atoms with Gasteiger partial charge in [0.25, 0.3) is 10.0 Å². The average molecular weight is 431 g/mol. The molecule has 0 fully saturated rings. The van der Waals surface area contributed by atoms with Gasteiger partial charge in [-0.15, -0.1) is 11.8 Å². The molecule has 8 heteroatoms. The topological polar surface area (TPSA) is 72.6 Å². The number of benzene rings is 2. The van der Waals surface area contributed by atoms with Crippen molar-refractivity contribution in [2.45, 2.75) is 35.3 Å². The van der Waals surface area contributed by atoms with Gasteiger partial charge in [-0.05, 0) is 43.7 Å². The van der Waals surface area contributed by atoms with Gasteiger partial charge >= 0.3 is 0 Å². The van der Waals surface area contributed by atoms with Crippen LogP contribution in [0.2, 0.25) is 0 Å². The Morgan fingerprint density at radius 1 is 1.24 bits per heavy atom. The molecule has 0 aliphatic carbocycles. The number of hydrogen-bond donors (Lipinski definition) is 0. The highest BCUT2D eigenvalue weighted by Crippen LogP contribution is 2.43. The first-order valence-electron chi connectivity index (χ1n) is 9.34. The lowest BCUT2D eigenvalue weighted by Crippen LogP contribution is -2.39. The molecular formula is C21H22N2O4S2. The molecule has 29 heavy (non-hydrogen) atoms. The van der Waals surface area contributed by atoms with Crippen molar-refractivity contribution in [3.63, 3.8) is 0 Å². The van der Waals surface area contributed by atoms with Gasteiger partial charge in [0.2, 0.25) is 0 Å². The number of para-hydroxylation sites is 1. The monoisotopic (exact) mass is 430 g/mol. The molecule has 0 saturated carbocycles. The molecule has 0 spiro atoms. The smallest absolute Gasteiger partial charge is 0.268 e. The lowest BCUT2D eigenvalue weighted by Gasteiger charge is -2.34. The van der Waals surface area contributed by atoms with Gasteiger partial charge in [0, 0.05) is 28.3 Å². The molecule has 2 aromatic carbocycles. The van der Waals surface area contributed by atoms with Crippen molar-refractivity contribution in [2.24, 2.45) is 0 Å². The molecule has 1 aromatic heterocycles. The summed E-state index contributed by atoms with van der Waals surface area (Å²) >= 11 is 1.72. The summed E-state index contributed by atoms with van der Waals surface area (Å²) in [6.07, 6.45) is 0.875. The predicted octanol–water partition coefficient (Wildman–Crippen LogP) is 4.74. The Hall–Kier alpha value is -2.45. The van der Waals surface area contributed by atoms with E-state index in [0.29, 0.717) is 29.3 Å². The molecule has 0 saturated heterocycles. The maximum atomic E-state index is 13.8. The fourth-order valence-electron chi connectivity index (χ4n) is 3.35. The first-order chi connectivity index (χ1) is 13.9. The number of aryl methyl sites for hydroxylation is 1. The largest absolute Gasteiger partial charge is 0.495 e. The van der Waals surface area contributed by atoms with Gasteiger partial charge in [-0.25, -0.2) is 8.42 Å². The van der Waals surface area contributed by atoms with Crippen molar-refractivity contribution in [1.82, 2.24) is 5.16 Å². The molecule has 1 aliphatic heterocycles. The molecule has 152 valence electrons. The highest BCUT2D eigenvalue weighted by Gasteiger charge is 2.35. The van der Waals surface area contributed by atoms with E-state index in [4.69, 9.17) is 9.26 Å². The minimum atomic E-state index is -3.85. The van der Waals surface area contributed by atoms with Gasteiger partial charge in [-0.1, -0.05) is 24.2 Å². The van der Waals surface area contributed by atoms with E-state index in [9.17, 15) is 8.42 Å². The van der Waals surface area contributed by atoms with Crippen LogP contribution in [0.4, 0.5) is 5.69 Å². The molecule has 1 atom stereocenters. The van der Waals surface area contributed by atoms with E-state index in [1.165, 1.54) is 11.4 Å². The van der Waals surface area contributed by atoms with Crippen LogP contribution < -0.4 is 9.04 Å². The van der Waals surface area contributed by atoms with E-state index < -0.39 is 10.0 Å². The van der Waals surface area contributed by atoms with Crippen molar-refractivity contribution in [2.75, 3.05) is 18.0 Å². The maximum absolute atomic E-state index is 13.8. The van der Waals surface area contributed by atoms with Gasteiger partial charge in [-0.3, -0.25) is 4.31 Å². The quantitative estimate of drug-likeness (QED) is 0.582. The van der Waals surface area contributed by atoms with Crippen LogP contribution in [0, 0.1) is 6.92 Å². The molecule has 6 nitrogen and oxygen atoms in total. The molecule has 2 heterocycles. The molecule has 0 N–H and O–H groups in total. The van der Waals surface area contributed by atoms with E-state index >= 15 is 0 Å². The minimum Gasteiger partial charge on any atom is -0.495 e. The molecule has 1 unspecified atom stereocenters. The highest BCUT2D eigenvalue weighted by molar-refractivity contribution is 8.00. The molecule has 0 amide bonds. The number of fused-ring (bicyclic) bond motifs is 1. The summed E-state index contributed by atoms with van der Waals surface area (Å²) in [5, 5.41) is 4.09. The van der Waals surface area contributed by atoms with E-state index in [-0.39, 0.29) is 10.1 Å². The molecular weight excluding hydrogens is 408 g/mol. The number of nitrogens with zero attached hydrogens (tertiary/aromatic N) is 2. The lowest BCUT2D eigenvalue weighted by atomic mass is 10.1. The second kappa shape index (κ2) is 7.76. The fraction of sp³-hybridized carbons (Fsp3) is 0.286. The summed E-state index contributed by atoms with van der Waals surface area (Å²) in [7, 11) is -2.38. The molecule has 3 aromatic rings. The van der Waals surface area contributed by atoms with Crippen LogP contribution in [-0.2, 0) is 10.0 Å². The number of methoxy groups -OCH3 is 1. The summed E-state index contributed by atoms with van der Waals surface area (Å²) in [6.45, 7) is 4.31. The van der Waals surface area contributed by atoms with E-state index in [0.717, 1.165) is 17.0 Å². The standard InChI is InChI=1S/C21H22N2O4S2/c1-4-16-13-23(17-7-5-6-8-20(17)28-16)29(24,25)21-12-15(9-10-18(21)26-3)19-11-14(2)22-27-19/h5-12,16H,4,13H2,1-3H3. The average Bonchev–Trinajstić information content (AvgIpc) is 3.18. The van der Waals surface area contributed by atoms with Gasteiger partial charge < -0.3 is 9.26 Å². The zero-order chi connectivity index (χ0) is 20.6. The van der Waals surface area contributed by atoms with Crippen LogP contribution >= 0.6 is 11.8 Å². The number of ether oxygens (including phenoxy) is 1. The third-order valence-corrected chi connectivity index (χ3v) is 8.11. The van der Waals surface area contributed by atoms with Crippen molar-refractivity contribution in [3.8, 4) is 17.1 Å². The Morgan fingerprint density at radius 3 is 2.72 bits per heavy atom. The molecule has 4 rings (SSSR count). The maximum Gasteiger partial charge on any atom is 0.268 e. The normalized spacial score (nSPS) is 16.5. The van der Waals surface area contributed by atoms with Gasteiger partial charge in [0.1, 0.15) is 10.6 Å². The van der Waals surface area contributed by atoms with E-state index in [1.54, 1.807) is 36.0 Å². The minimum absolute atomic E-state index is 0.114. The van der Waals surface area contributed by atoms with Crippen LogP contribution in [0.3, 0.4) is 0 Å². The summed E-state index contributed by atoms with van der Waals surface area (Å²) in [5.74, 6) is 0.816. The zero-order valence-electron chi connectivity index (χ0n) is 16.5. The number of anilines is 1. The van der Waals surface area contributed by atoms with Crippen molar-refractivity contribution >= 4 is 27.5 Å². The van der Waals surface area contributed by atoms with Crippen LogP contribution in [0.1, 0.15) is 19.0 Å². The summed E-state index contributed by atoms with van der Waals surface area (Å²) < 4.78 is 39.8. The lowest BCUT2D eigenvalue weighted by molar-refractivity contribution is 0.402. The Bertz CT molecular complexity index is 1140. The Morgan fingerprint density at radius 2 is 2.03 bits per heavy atom. The van der Waals surface area contributed by atoms with E-state index in [2.05, 4.69) is 12.1 Å². The Labute approximate surface area is 174 Å². The molecule has 0 bridgehead atoms. The van der Waals surface area contributed by atoms with Crippen molar-refractivity contribution in [3.05, 3.63) is 54.2 Å². The number of aromatic nitrogens is 1. The van der Waals surface area contributed by atoms with Gasteiger partial charge in [-0.2, -0.15) is 0 Å². The van der Waals surface area contributed by atoms with Crippen molar-refractivity contribution < 1.29 is 17.7 Å². The van der Waals surface area contributed by atoms with E-state index in [1.807, 2.05) is 31.2 Å². The Balaban J connectivity index is 1.85. The zero-order valence-corrected chi connectivity index (χ0v) is 18.1. The molecule has 1 aliphatic rings. The van der Waals surface area contributed by atoms with Crippen LogP contribution in [-0.4, -0.2) is 32.5 Å². The third kappa shape index (κ3) is 3.62. The van der Waals surface area contributed by atoms with Gasteiger partial charge in [0.15, 0.2) is 5.76 Å². The number of sulfonamides is 1. The van der Waals surface area contributed by atoms with Gasteiger partial charge in [0.05, 0.1) is 18.5 Å². The second-order valence-corrected chi connectivity index (χ2v) is 10.0.